The molecule has 0 heterocycles. The Labute approximate surface area is 166 Å². The molecule has 9 heteroatoms. The van der Waals surface area contributed by atoms with Gasteiger partial charge in [-0.2, -0.15) is 8.78 Å². The summed E-state index contributed by atoms with van der Waals surface area (Å²) >= 11 is 5.91. The van der Waals surface area contributed by atoms with Crippen molar-refractivity contribution in [3.63, 3.8) is 0 Å². The Bertz CT molecular complexity index is 961. The lowest BCUT2D eigenvalue weighted by Gasteiger charge is -2.27. The highest BCUT2D eigenvalue weighted by atomic mass is 35.5. The number of alkyl halides is 2. The predicted octanol–water partition coefficient (Wildman–Crippen LogP) is 4.67. The first kappa shape index (κ1) is 20.5. The summed E-state index contributed by atoms with van der Waals surface area (Å²) < 4.78 is 53.8. The molecule has 1 aliphatic carbocycles. The molecule has 3 rings (SSSR count). The topological polar surface area (TPSA) is 72.5 Å². The highest BCUT2D eigenvalue weighted by Gasteiger charge is 2.52. The number of halogens is 3. The molecular formula is C19H18ClF2NO4S. The van der Waals surface area contributed by atoms with Crippen molar-refractivity contribution in [2.75, 3.05) is 5.32 Å². The zero-order valence-corrected chi connectivity index (χ0v) is 16.3. The van der Waals surface area contributed by atoms with Crippen LogP contribution in [-0.2, 0) is 14.6 Å². The van der Waals surface area contributed by atoms with Crippen LogP contribution in [0.25, 0.3) is 0 Å². The van der Waals surface area contributed by atoms with E-state index in [1.165, 1.54) is 30.3 Å². The number of nitrogens with one attached hydrogen (secondary N) is 1. The van der Waals surface area contributed by atoms with E-state index in [4.69, 9.17) is 11.6 Å². The van der Waals surface area contributed by atoms with Crippen LogP contribution in [0.4, 0.5) is 14.5 Å². The number of carbonyl (C=O) groups excluding carboxylic acids is 1. The van der Waals surface area contributed by atoms with Crippen LogP contribution in [0.2, 0.25) is 5.02 Å². The monoisotopic (exact) mass is 429 g/mol. The Hall–Kier alpha value is -2.19. The molecule has 0 aromatic heterocycles. The predicted molar refractivity (Wildman–Crippen MR) is 102 cm³/mol. The van der Waals surface area contributed by atoms with Crippen molar-refractivity contribution in [1.82, 2.24) is 0 Å². The largest absolute Gasteiger partial charge is 0.433 e. The third-order valence-electron chi connectivity index (χ3n) is 4.80. The summed E-state index contributed by atoms with van der Waals surface area (Å²) in [5.41, 5.74) is 0.200. The van der Waals surface area contributed by atoms with Crippen LogP contribution in [-0.4, -0.2) is 25.7 Å². The Morgan fingerprint density at radius 3 is 2.32 bits per heavy atom. The van der Waals surface area contributed by atoms with E-state index in [-0.39, 0.29) is 34.2 Å². The molecule has 150 valence electrons. The van der Waals surface area contributed by atoms with Gasteiger partial charge in [0.05, 0.1) is 9.92 Å². The fraction of sp³-hybridized carbons (Fsp3) is 0.316. The van der Waals surface area contributed by atoms with Gasteiger partial charge in [0.1, 0.15) is 5.75 Å². The van der Waals surface area contributed by atoms with Crippen molar-refractivity contribution < 1.29 is 26.7 Å². The molecule has 2 aromatic carbocycles. The van der Waals surface area contributed by atoms with E-state index in [1.54, 1.807) is 18.2 Å². The molecule has 0 aliphatic heterocycles. The molecule has 1 saturated carbocycles. The fourth-order valence-electron chi connectivity index (χ4n) is 3.40. The Kier molecular flexibility index (Phi) is 5.90. The van der Waals surface area contributed by atoms with Crippen LogP contribution in [0.15, 0.2) is 53.4 Å². The molecule has 0 unspecified atom stereocenters. The maximum Gasteiger partial charge on any atom is 0.387 e. The lowest BCUT2D eigenvalue weighted by Crippen LogP contribution is -2.47. The van der Waals surface area contributed by atoms with Crippen LogP contribution in [0.3, 0.4) is 0 Å². The highest BCUT2D eigenvalue weighted by Crippen LogP contribution is 2.41. The molecule has 5 nitrogen and oxygen atoms in total. The fourth-order valence-corrected chi connectivity index (χ4v) is 5.72. The molecule has 0 radical (unpaired) electrons. The summed E-state index contributed by atoms with van der Waals surface area (Å²) in [5, 5.41) is 2.46. The second kappa shape index (κ2) is 8.05. The lowest BCUT2D eigenvalue weighted by molar-refractivity contribution is -0.118. The minimum absolute atomic E-state index is 0.0887. The number of carbonyl (C=O) groups is 1. The van der Waals surface area contributed by atoms with Crippen LogP contribution in [0, 0.1) is 0 Å². The zero-order valence-electron chi connectivity index (χ0n) is 14.7. The average Bonchev–Trinajstić information content (AvgIpc) is 3.16. The maximum absolute atomic E-state index is 13.2. The third-order valence-corrected chi connectivity index (χ3v) is 7.61. The molecule has 0 bridgehead atoms. The van der Waals surface area contributed by atoms with E-state index in [2.05, 4.69) is 10.1 Å². The van der Waals surface area contributed by atoms with Crippen molar-refractivity contribution in [3.8, 4) is 5.75 Å². The van der Waals surface area contributed by atoms with Gasteiger partial charge in [-0.15, -0.1) is 0 Å². The first-order valence-corrected chi connectivity index (χ1v) is 10.5. The van der Waals surface area contributed by atoms with Gasteiger partial charge in [-0.05, 0) is 43.2 Å². The summed E-state index contributed by atoms with van der Waals surface area (Å²) in [6.45, 7) is -3.03. The first-order valence-electron chi connectivity index (χ1n) is 8.62. The normalized spacial score (nSPS) is 16.1. The molecular weight excluding hydrogens is 412 g/mol. The molecule has 1 aliphatic rings. The minimum Gasteiger partial charge on any atom is -0.433 e. The summed E-state index contributed by atoms with van der Waals surface area (Å²) in [6, 6.07) is 11.6. The number of hydrogen-bond donors (Lipinski definition) is 1. The van der Waals surface area contributed by atoms with E-state index < -0.39 is 27.1 Å². The highest BCUT2D eigenvalue weighted by molar-refractivity contribution is 7.93. The van der Waals surface area contributed by atoms with Gasteiger partial charge in [0.2, 0.25) is 5.91 Å². The number of amides is 1. The first-order chi connectivity index (χ1) is 13.3. The zero-order chi connectivity index (χ0) is 20.4. The van der Waals surface area contributed by atoms with Crippen LogP contribution in [0.5, 0.6) is 5.75 Å². The van der Waals surface area contributed by atoms with Gasteiger partial charge in [0.25, 0.3) is 0 Å². The molecule has 0 atom stereocenters. The van der Waals surface area contributed by atoms with E-state index in [9.17, 15) is 22.0 Å². The van der Waals surface area contributed by atoms with Crippen molar-refractivity contribution in [2.24, 2.45) is 0 Å². The lowest BCUT2D eigenvalue weighted by atomic mass is 10.1. The Morgan fingerprint density at radius 1 is 1.11 bits per heavy atom. The quantitative estimate of drug-likeness (QED) is 0.724. The third kappa shape index (κ3) is 3.84. The maximum atomic E-state index is 13.2. The number of sulfone groups is 1. The number of ether oxygens (including phenoxy) is 1. The minimum atomic E-state index is -3.92. The summed E-state index contributed by atoms with van der Waals surface area (Å²) in [7, 11) is -3.92. The summed E-state index contributed by atoms with van der Waals surface area (Å²) in [5.74, 6) is -0.894. The van der Waals surface area contributed by atoms with Crippen molar-refractivity contribution in [1.29, 1.82) is 0 Å². The second-order valence-corrected chi connectivity index (χ2v) is 9.16. The molecule has 1 N–H and O–H groups in total. The van der Waals surface area contributed by atoms with E-state index in [1.807, 2.05) is 0 Å². The van der Waals surface area contributed by atoms with Gasteiger partial charge in [-0.25, -0.2) is 8.42 Å². The summed E-state index contributed by atoms with van der Waals surface area (Å²) in [6.07, 6.45) is 1.63. The molecule has 0 saturated heterocycles. The van der Waals surface area contributed by atoms with Gasteiger partial charge in [0, 0.05) is 5.69 Å². The summed E-state index contributed by atoms with van der Waals surface area (Å²) in [4.78, 5) is 13.1. The van der Waals surface area contributed by atoms with Crippen LogP contribution < -0.4 is 10.1 Å². The van der Waals surface area contributed by atoms with Crippen LogP contribution in [0.1, 0.15) is 25.7 Å². The number of rotatable bonds is 6. The molecule has 28 heavy (non-hydrogen) atoms. The second-order valence-electron chi connectivity index (χ2n) is 6.50. The number of benzene rings is 2. The van der Waals surface area contributed by atoms with Crippen LogP contribution >= 0.6 is 11.6 Å². The molecule has 0 spiro atoms. The Balaban J connectivity index is 1.90. The Morgan fingerprint density at radius 2 is 1.75 bits per heavy atom. The van der Waals surface area contributed by atoms with Gasteiger partial charge in [-0.3, -0.25) is 4.79 Å². The van der Waals surface area contributed by atoms with E-state index >= 15 is 0 Å². The average molecular weight is 430 g/mol. The van der Waals surface area contributed by atoms with Crippen molar-refractivity contribution in [2.45, 2.75) is 41.9 Å². The smallest absolute Gasteiger partial charge is 0.387 e. The standard InChI is InChI=1S/C19H18ClF2NO4S/c20-15-12-13(8-9-16(15)27-18(21)22)23-17(24)19(10-4-5-11-19)28(25,26)14-6-2-1-3-7-14/h1-3,6-9,12,18H,4-5,10-11H2,(H,23,24). The van der Waals surface area contributed by atoms with Gasteiger partial charge in [-0.1, -0.05) is 42.6 Å². The van der Waals surface area contributed by atoms with Gasteiger partial charge in [0.15, 0.2) is 14.6 Å². The number of anilines is 1. The van der Waals surface area contributed by atoms with E-state index in [0.29, 0.717) is 12.8 Å². The van der Waals surface area contributed by atoms with Crippen molar-refractivity contribution in [3.05, 3.63) is 53.6 Å². The SMILES string of the molecule is O=C(Nc1ccc(OC(F)F)c(Cl)c1)C1(S(=O)(=O)c2ccccc2)CCCC1. The molecule has 2 aromatic rings. The molecule has 1 fully saturated rings. The van der Waals surface area contributed by atoms with E-state index in [0.717, 1.165) is 0 Å². The molecule has 1 amide bonds. The van der Waals surface area contributed by atoms with Gasteiger partial charge >= 0.3 is 6.61 Å². The van der Waals surface area contributed by atoms with Crippen molar-refractivity contribution >= 4 is 33.0 Å². The number of hydrogen-bond acceptors (Lipinski definition) is 4. The van der Waals surface area contributed by atoms with Gasteiger partial charge < -0.3 is 10.1 Å².